The molecule has 5 nitrogen and oxygen atoms in total. The van der Waals surface area contributed by atoms with Crippen LogP contribution in [0.5, 0.6) is 0 Å². The van der Waals surface area contributed by atoms with Crippen LogP contribution in [0.3, 0.4) is 0 Å². The van der Waals surface area contributed by atoms with Gasteiger partial charge in [-0.3, -0.25) is 8.98 Å². The van der Waals surface area contributed by atoms with E-state index in [9.17, 15) is 18.3 Å². The zero-order valence-corrected chi connectivity index (χ0v) is 21.8. The summed E-state index contributed by atoms with van der Waals surface area (Å²) in [6.45, 7) is 8.38. The van der Waals surface area contributed by atoms with Crippen molar-refractivity contribution >= 4 is 15.9 Å². The Bertz CT molecular complexity index is 1050. The van der Waals surface area contributed by atoms with Gasteiger partial charge in [-0.05, 0) is 112 Å². The van der Waals surface area contributed by atoms with Crippen LogP contribution in [0, 0.1) is 47.3 Å². The minimum atomic E-state index is -3.92. The predicted molar refractivity (Wildman–Crippen MR) is 131 cm³/mol. The molecule has 0 amide bonds. The molecule has 5 rings (SSSR count). The number of rotatable bonds is 4. The summed E-state index contributed by atoms with van der Waals surface area (Å²) in [7, 11) is -3.92. The molecule has 6 heteroatoms. The van der Waals surface area contributed by atoms with Crippen LogP contribution in [-0.4, -0.2) is 31.5 Å². The van der Waals surface area contributed by atoms with Crippen molar-refractivity contribution in [1.82, 2.24) is 0 Å². The van der Waals surface area contributed by atoms with E-state index in [-0.39, 0.29) is 21.6 Å². The second kappa shape index (κ2) is 8.41. The molecule has 0 unspecified atom stereocenters. The lowest BCUT2D eigenvalue weighted by atomic mass is 9.44. The van der Waals surface area contributed by atoms with Crippen molar-refractivity contribution in [3.8, 4) is 0 Å². The Morgan fingerprint density at radius 1 is 1.00 bits per heavy atom. The largest absolute Gasteiger partial charge is 0.390 e. The summed E-state index contributed by atoms with van der Waals surface area (Å²) in [5.74, 6) is 2.62. The molecule has 1 N–H and O–H groups in total. The van der Waals surface area contributed by atoms with Gasteiger partial charge in [0.2, 0.25) is 0 Å². The minimum Gasteiger partial charge on any atom is -0.390 e. The molecule has 0 heterocycles. The highest BCUT2D eigenvalue weighted by molar-refractivity contribution is 7.86. The van der Waals surface area contributed by atoms with Gasteiger partial charge >= 0.3 is 0 Å². The second-order valence-corrected chi connectivity index (χ2v) is 13.9. The molecule has 0 aromatic heterocycles. The Morgan fingerprint density at radius 2 is 1.68 bits per heavy atom. The molecule has 1 aromatic carbocycles. The normalized spacial score (nSPS) is 44.1. The Labute approximate surface area is 204 Å². The fraction of sp³-hybridized carbons (Fsp3) is 0.750. The predicted octanol–water partition coefficient (Wildman–Crippen LogP) is 5.29. The first kappa shape index (κ1) is 24.5. The van der Waals surface area contributed by atoms with Crippen LogP contribution in [0.1, 0.15) is 77.7 Å². The topological polar surface area (TPSA) is 80.7 Å². The standard InChI is InChI=1S/C28H40O5S/c1-17-5-8-20(9-6-17)34(31,32)33-26-15-19-7-10-21-23-12-11-22(18(2)29)27(23,3)14-13-24(21)28(19,4)16-25(26)30/h5-6,8-9,19,21-26,30H,7,10-16H2,1-4H3/t19-,21-,22+,23-,24-,25-,26-,27+,28-/m0/s1. The van der Waals surface area contributed by atoms with E-state index in [4.69, 9.17) is 4.18 Å². The second-order valence-electron chi connectivity index (χ2n) is 12.4. The van der Waals surface area contributed by atoms with Gasteiger partial charge in [-0.2, -0.15) is 8.42 Å². The number of aliphatic hydroxyl groups is 1. The van der Waals surface area contributed by atoms with Crippen LogP contribution in [0.15, 0.2) is 29.2 Å². The summed E-state index contributed by atoms with van der Waals surface area (Å²) in [5.41, 5.74) is 1.10. The Morgan fingerprint density at radius 3 is 2.35 bits per heavy atom. The number of benzene rings is 1. The van der Waals surface area contributed by atoms with Gasteiger partial charge in [0, 0.05) is 5.92 Å². The number of carbonyl (C=O) groups is 1. The van der Waals surface area contributed by atoms with Crippen molar-refractivity contribution in [3.63, 3.8) is 0 Å². The van der Waals surface area contributed by atoms with Crippen LogP contribution >= 0.6 is 0 Å². The molecule has 0 aliphatic heterocycles. The van der Waals surface area contributed by atoms with E-state index in [1.807, 2.05) is 6.92 Å². The van der Waals surface area contributed by atoms with Crippen molar-refractivity contribution < 1.29 is 22.5 Å². The molecule has 188 valence electrons. The van der Waals surface area contributed by atoms with Crippen LogP contribution < -0.4 is 0 Å². The fourth-order valence-corrected chi connectivity index (χ4v) is 10.1. The van der Waals surface area contributed by atoms with Gasteiger partial charge in [0.25, 0.3) is 10.1 Å². The first-order valence-electron chi connectivity index (χ1n) is 13.1. The van der Waals surface area contributed by atoms with E-state index >= 15 is 0 Å². The summed E-state index contributed by atoms with van der Waals surface area (Å²) in [6.07, 6.45) is 6.25. The van der Waals surface area contributed by atoms with E-state index in [1.165, 1.54) is 0 Å². The highest BCUT2D eigenvalue weighted by Gasteiger charge is 2.62. The van der Waals surface area contributed by atoms with E-state index in [0.717, 1.165) is 44.1 Å². The highest BCUT2D eigenvalue weighted by Crippen LogP contribution is 2.67. The van der Waals surface area contributed by atoms with Gasteiger partial charge in [0.15, 0.2) is 0 Å². The third kappa shape index (κ3) is 3.79. The fourth-order valence-electron chi connectivity index (χ4n) is 8.95. The monoisotopic (exact) mass is 488 g/mol. The quantitative estimate of drug-likeness (QED) is 0.583. The van der Waals surface area contributed by atoms with Crippen molar-refractivity contribution in [2.75, 3.05) is 0 Å². The molecule has 0 spiro atoms. The van der Waals surface area contributed by atoms with Crippen LogP contribution in [0.25, 0.3) is 0 Å². The van der Waals surface area contributed by atoms with Gasteiger partial charge in [0.05, 0.1) is 11.0 Å². The van der Waals surface area contributed by atoms with E-state index in [2.05, 4.69) is 13.8 Å². The Balaban J connectivity index is 1.34. The smallest absolute Gasteiger partial charge is 0.297 e. The number of hydrogen-bond donors (Lipinski definition) is 1. The maximum Gasteiger partial charge on any atom is 0.297 e. The number of aliphatic hydroxyl groups excluding tert-OH is 1. The van der Waals surface area contributed by atoms with Crippen molar-refractivity contribution in [2.45, 2.75) is 96.2 Å². The molecule has 4 aliphatic rings. The van der Waals surface area contributed by atoms with E-state index in [1.54, 1.807) is 31.2 Å². The Kier molecular flexibility index (Phi) is 6.05. The molecule has 4 fully saturated rings. The number of fused-ring (bicyclic) bond motifs is 5. The first-order valence-corrected chi connectivity index (χ1v) is 14.5. The van der Waals surface area contributed by atoms with Gasteiger partial charge in [-0.15, -0.1) is 0 Å². The number of carbonyl (C=O) groups excluding carboxylic acids is 1. The Hall–Kier alpha value is -1.24. The maximum absolute atomic E-state index is 12.9. The van der Waals surface area contributed by atoms with E-state index in [0.29, 0.717) is 42.3 Å². The average molecular weight is 489 g/mol. The number of ketones is 1. The minimum absolute atomic E-state index is 0.00848. The molecule has 9 atom stereocenters. The van der Waals surface area contributed by atoms with Crippen molar-refractivity contribution in [3.05, 3.63) is 29.8 Å². The number of aryl methyl sites for hydroxylation is 1. The van der Waals surface area contributed by atoms with Crippen molar-refractivity contribution in [1.29, 1.82) is 0 Å². The van der Waals surface area contributed by atoms with Gasteiger partial charge in [0.1, 0.15) is 11.9 Å². The molecular weight excluding hydrogens is 448 g/mol. The van der Waals surface area contributed by atoms with Crippen LogP contribution in [0.2, 0.25) is 0 Å². The molecule has 4 aliphatic carbocycles. The first-order chi connectivity index (χ1) is 16.0. The summed E-state index contributed by atoms with van der Waals surface area (Å²) < 4.78 is 31.5. The lowest BCUT2D eigenvalue weighted by Gasteiger charge is -2.61. The third-order valence-electron chi connectivity index (χ3n) is 10.7. The molecular formula is C28H40O5S. The lowest BCUT2D eigenvalue weighted by molar-refractivity contribution is -0.156. The molecule has 0 radical (unpaired) electrons. The molecule has 0 saturated heterocycles. The SMILES string of the molecule is CC(=O)[C@H]1CC[C@H]2[C@@H]3CC[C@H]4C[C@H](OS(=O)(=O)c5ccc(C)cc5)[C@@H](O)C[C@]4(C)[C@H]3CC[C@]12C. The third-order valence-corrected chi connectivity index (χ3v) is 12.1. The lowest BCUT2D eigenvalue weighted by Crippen LogP contribution is -2.57. The molecule has 1 aromatic rings. The van der Waals surface area contributed by atoms with Crippen LogP contribution in [-0.2, 0) is 19.1 Å². The average Bonchev–Trinajstić information content (AvgIpc) is 3.12. The van der Waals surface area contributed by atoms with E-state index < -0.39 is 22.3 Å². The molecule has 0 bridgehead atoms. The molecule has 34 heavy (non-hydrogen) atoms. The number of hydrogen-bond acceptors (Lipinski definition) is 5. The van der Waals surface area contributed by atoms with Gasteiger partial charge in [-0.25, -0.2) is 0 Å². The zero-order valence-electron chi connectivity index (χ0n) is 21.0. The number of Topliss-reactive ketones (excluding diaryl/α,β-unsaturated/α-hetero) is 1. The van der Waals surface area contributed by atoms with Crippen molar-refractivity contribution in [2.24, 2.45) is 40.4 Å². The zero-order chi connectivity index (χ0) is 24.5. The highest BCUT2D eigenvalue weighted by atomic mass is 32.2. The maximum atomic E-state index is 12.9. The molecule has 4 saturated carbocycles. The summed E-state index contributed by atoms with van der Waals surface area (Å²) in [4.78, 5) is 12.5. The summed E-state index contributed by atoms with van der Waals surface area (Å²) >= 11 is 0. The van der Waals surface area contributed by atoms with Gasteiger partial charge < -0.3 is 5.11 Å². The van der Waals surface area contributed by atoms with Gasteiger partial charge in [-0.1, -0.05) is 31.5 Å². The summed E-state index contributed by atoms with van der Waals surface area (Å²) in [5, 5.41) is 11.1. The van der Waals surface area contributed by atoms with Crippen LogP contribution in [0.4, 0.5) is 0 Å². The summed E-state index contributed by atoms with van der Waals surface area (Å²) in [6, 6.07) is 6.68.